The number of para-hydroxylation sites is 3. The van der Waals surface area contributed by atoms with E-state index in [-0.39, 0.29) is 0 Å². The van der Waals surface area contributed by atoms with Gasteiger partial charge in [0, 0.05) is 0 Å². The highest BCUT2D eigenvalue weighted by Gasteiger charge is 2.11. The van der Waals surface area contributed by atoms with Crippen molar-refractivity contribution in [3.8, 4) is 11.5 Å². The predicted octanol–water partition coefficient (Wildman–Crippen LogP) is 5.85. The van der Waals surface area contributed by atoms with Gasteiger partial charge in [0.2, 0.25) is 0 Å². The van der Waals surface area contributed by atoms with Gasteiger partial charge in [-0.15, -0.1) is 0 Å². The second-order valence-corrected chi connectivity index (χ2v) is 7.13. The maximum atomic E-state index is 6.06. The third kappa shape index (κ3) is 3.85. The highest BCUT2D eigenvalue weighted by Crippen LogP contribution is 2.22. The molecule has 5 aromatic rings. The van der Waals surface area contributed by atoms with E-state index < -0.39 is 0 Å². The molecule has 1 aromatic heterocycles. The molecule has 0 saturated carbocycles. The van der Waals surface area contributed by atoms with E-state index in [9.17, 15) is 0 Å². The van der Waals surface area contributed by atoms with E-state index in [1.165, 1.54) is 10.8 Å². The number of imidazole rings is 1. The molecular formula is C26H22N2O2. The van der Waals surface area contributed by atoms with Crippen molar-refractivity contribution in [2.45, 2.75) is 13.2 Å². The summed E-state index contributed by atoms with van der Waals surface area (Å²) >= 11 is 0. The number of nitrogens with zero attached hydrogens (tertiary/aromatic N) is 2. The predicted molar refractivity (Wildman–Crippen MR) is 120 cm³/mol. The van der Waals surface area contributed by atoms with Gasteiger partial charge < -0.3 is 14.0 Å². The molecule has 0 bridgehead atoms. The second-order valence-electron chi connectivity index (χ2n) is 7.13. The molecule has 0 saturated heterocycles. The molecule has 0 aliphatic carbocycles. The SMILES string of the molecule is c1ccc(OCc2nc3ccccc3n2CCOc2ccc3ccccc3c2)cc1. The number of hydrogen-bond acceptors (Lipinski definition) is 3. The van der Waals surface area contributed by atoms with E-state index in [2.05, 4.69) is 34.9 Å². The second kappa shape index (κ2) is 8.29. The van der Waals surface area contributed by atoms with Crippen LogP contribution in [0.15, 0.2) is 97.1 Å². The Kier molecular flexibility index (Phi) is 5.05. The Morgan fingerprint density at radius 2 is 1.43 bits per heavy atom. The molecule has 0 N–H and O–H groups in total. The van der Waals surface area contributed by atoms with E-state index in [0.717, 1.165) is 28.4 Å². The van der Waals surface area contributed by atoms with Crippen LogP contribution in [0.1, 0.15) is 5.82 Å². The van der Waals surface area contributed by atoms with Crippen LogP contribution in [0.2, 0.25) is 0 Å². The van der Waals surface area contributed by atoms with Gasteiger partial charge in [0.05, 0.1) is 17.6 Å². The van der Waals surface area contributed by atoms with Crippen molar-refractivity contribution < 1.29 is 9.47 Å². The number of aromatic nitrogens is 2. The first-order valence-electron chi connectivity index (χ1n) is 10.1. The molecule has 148 valence electrons. The van der Waals surface area contributed by atoms with Crippen molar-refractivity contribution in [3.63, 3.8) is 0 Å². The average molecular weight is 394 g/mol. The van der Waals surface area contributed by atoms with Crippen LogP contribution in [0, 0.1) is 0 Å². The van der Waals surface area contributed by atoms with Crippen molar-refractivity contribution in [1.82, 2.24) is 9.55 Å². The molecule has 0 radical (unpaired) electrons. The largest absolute Gasteiger partial charge is 0.492 e. The minimum absolute atomic E-state index is 0.411. The number of benzene rings is 4. The Labute approximate surface area is 175 Å². The van der Waals surface area contributed by atoms with Gasteiger partial charge in [-0.2, -0.15) is 0 Å². The average Bonchev–Trinajstić information content (AvgIpc) is 3.16. The molecule has 0 unspecified atom stereocenters. The van der Waals surface area contributed by atoms with Gasteiger partial charge in [-0.25, -0.2) is 4.98 Å². The minimum atomic E-state index is 0.411. The van der Waals surface area contributed by atoms with E-state index >= 15 is 0 Å². The van der Waals surface area contributed by atoms with Crippen molar-refractivity contribution in [1.29, 1.82) is 0 Å². The van der Waals surface area contributed by atoms with Gasteiger partial charge >= 0.3 is 0 Å². The molecule has 5 rings (SSSR count). The lowest BCUT2D eigenvalue weighted by Gasteiger charge is -2.12. The minimum Gasteiger partial charge on any atom is -0.492 e. The van der Waals surface area contributed by atoms with E-state index in [1.54, 1.807) is 0 Å². The van der Waals surface area contributed by atoms with Crippen LogP contribution < -0.4 is 9.47 Å². The molecule has 0 amide bonds. The lowest BCUT2D eigenvalue weighted by atomic mass is 10.1. The summed E-state index contributed by atoms with van der Waals surface area (Å²) < 4.78 is 14.2. The van der Waals surface area contributed by atoms with Crippen LogP contribution in [-0.2, 0) is 13.2 Å². The van der Waals surface area contributed by atoms with Gasteiger partial charge in [-0.3, -0.25) is 0 Å². The Hall–Kier alpha value is -3.79. The zero-order valence-electron chi connectivity index (χ0n) is 16.6. The maximum absolute atomic E-state index is 6.06. The third-order valence-electron chi connectivity index (χ3n) is 5.15. The first-order chi connectivity index (χ1) is 14.9. The first-order valence-corrected chi connectivity index (χ1v) is 10.1. The summed E-state index contributed by atoms with van der Waals surface area (Å²) in [5.74, 6) is 2.60. The molecule has 4 nitrogen and oxygen atoms in total. The molecule has 4 aromatic carbocycles. The molecule has 0 atom stereocenters. The van der Waals surface area contributed by atoms with Crippen molar-refractivity contribution in [3.05, 3.63) is 103 Å². The van der Waals surface area contributed by atoms with Gasteiger partial charge in [-0.1, -0.05) is 60.7 Å². The van der Waals surface area contributed by atoms with E-state index in [4.69, 9.17) is 14.5 Å². The summed E-state index contributed by atoms with van der Waals surface area (Å²) in [4.78, 5) is 4.78. The summed E-state index contributed by atoms with van der Waals surface area (Å²) in [6, 6.07) is 32.5. The zero-order chi connectivity index (χ0) is 20.2. The van der Waals surface area contributed by atoms with Gasteiger partial charge in [0.1, 0.15) is 30.5 Å². The number of ether oxygens (including phenoxy) is 2. The Morgan fingerprint density at radius 1 is 0.667 bits per heavy atom. The Bertz CT molecular complexity index is 1280. The molecule has 0 spiro atoms. The van der Waals surface area contributed by atoms with Gasteiger partial charge in [0.25, 0.3) is 0 Å². The van der Waals surface area contributed by atoms with Crippen LogP contribution >= 0.6 is 0 Å². The smallest absolute Gasteiger partial charge is 0.148 e. The van der Waals surface area contributed by atoms with Gasteiger partial charge in [0.15, 0.2) is 0 Å². The summed E-state index contributed by atoms with van der Waals surface area (Å²) in [5.41, 5.74) is 2.06. The lowest BCUT2D eigenvalue weighted by molar-refractivity contribution is 0.272. The standard InChI is InChI=1S/C26H22N2O2/c1-2-10-22(11-3-1)30-19-26-27-24-12-6-7-13-25(24)28(26)16-17-29-23-15-14-20-8-4-5-9-21(20)18-23/h1-15,18H,16-17,19H2. The molecule has 0 aliphatic rings. The van der Waals surface area contributed by atoms with E-state index in [0.29, 0.717) is 19.8 Å². The highest BCUT2D eigenvalue weighted by atomic mass is 16.5. The summed E-state index contributed by atoms with van der Waals surface area (Å²) in [6.07, 6.45) is 0. The topological polar surface area (TPSA) is 36.3 Å². The molecule has 0 fully saturated rings. The monoisotopic (exact) mass is 394 g/mol. The fourth-order valence-corrected chi connectivity index (χ4v) is 3.66. The third-order valence-corrected chi connectivity index (χ3v) is 5.15. The molecule has 1 heterocycles. The first kappa shape index (κ1) is 18.3. The van der Waals surface area contributed by atoms with Crippen molar-refractivity contribution in [2.75, 3.05) is 6.61 Å². The molecule has 4 heteroatoms. The van der Waals surface area contributed by atoms with Crippen molar-refractivity contribution in [2.24, 2.45) is 0 Å². The highest BCUT2D eigenvalue weighted by molar-refractivity contribution is 5.83. The fraction of sp³-hybridized carbons (Fsp3) is 0.115. The molecular weight excluding hydrogens is 372 g/mol. The number of rotatable bonds is 7. The van der Waals surface area contributed by atoms with Crippen LogP contribution in [0.3, 0.4) is 0 Å². The van der Waals surface area contributed by atoms with Crippen LogP contribution in [-0.4, -0.2) is 16.2 Å². The van der Waals surface area contributed by atoms with E-state index in [1.807, 2.05) is 66.7 Å². The lowest BCUT2D eigenvalue weighted by Crippen LogP contribution is -2.13. The quantitative estimate of drug-likeness (QED) is 0.347. The zero-order valence-corrected chi connectivity index (χ0v) is 16.6. The number of fused-ring (bicyclic) bond motifs is 2. The van der Waals surface area contributed by atoms with Crippen molar-refractivity contribution >= 4 is 21.8 Å². The summed E-state index contributed by atoms with van der Waals surface area (Å²) in [7, 11) is 0. The van der Waals surface area contributed by atoms with Crippen LogP contribution in [0.25, 0.3) is 21.8 Å². The fourth-order valence-electron chi connectivity index (χ4n) is 3.66. The Morgan fingerprint density at radius 3 is 2.33 bits per heavy atom. The Balaban J connectivity index is 1.33. The van der Waals surface area contributed by atoms with Crippen LogP contribution in [0.4, 0.5) is 0 Å². The van der Waals surface area contributed by atoms with Crippen LogP contribution in [0.5, 0.6) is 11.5 Å². The summed E-state index contributed by atoms with van der Waals surface area (Å²) in [5, 5.41) is 2.39. The summed E-state index contributed by atoms with van der Waals surface area (Å²) in [6.45, 7) is 1.66. The normalized spacial score (nSPS) is 11.1. The van der Waals surface area contributed by atoms with Gasteiger partial charge in [-0.05, 0) is 47.2 Å². The molecule has 0 aliphatic heterocycles. The number of hydrogen-bond donors (Lipinski definition) is 0. The molecule has 30 heavy (non-hydrogen) atoms. The maximum Gasteiger partial charge on any atom is 0.148 e.